The summed E-state index contributed by atoms with van der Waals surface area (Å²) in [6, 6.07) is 9.69. The first kappa shape index (κ1) is 12.4. The van der Waals surface area contributed by atoms with E-state index >= 15 is 0 Å². The molecule has 4 nitrogen and oxygen atoms in total. The molecule has 2 N–H and O–H groups in total. The highest BCUT2D eigenvalue weighted by Gasteiger charge is 2.07. The largest absolute Gasteiger partial charge is 0.326 e. The number of hydrogen-bond donors (Lipinski definition) is 2. The van der Waals surface area contributed by atoms with Gasteiger partial charge in [0.25, 0.3) is 5.91 Å². The van der Waals surface area contributed by atoms with Crippen LogP contribution in [0.2, 0.25) is 5.02 Å². The number of pyridine rings is 1. The third-order valence-electron chi connectivity index (χ3n) is 2.32. The predicted octanol–water partition coefficient (Wildman–Crippen LogP) is 2.59. The number of benzene rings is 1. The molecule has 0 spiro atoms. The van der Waals surface area contributed by atoms with Gasteiger partial charge in [0, 0.05) is 28.0 Å². The number of aromatic amines is 1. The monoisotopic (exact) mass is 262 g/mol. The van der Waals surface area contributed by atoms with E-state index in [2.05, 4.69) is 10.3 Å². The second kappa shape index (κ2) is 5.06. The van der Waals surface area contributed by atoms with Crippen molar-refractivity contribution < 1.29 is 4.79 Å². The van der Waals surface area contributed by atoms with Gasteiger partial charge in [-0.05, 0) is 31.2 Å². The van der Waals surface area contributed by atoms with Crippen LogP contribution in [0.15, 0.2) is 41.2 Å². The molecule has 1 aromatic heterocycles. The van der Waals surface area contributed by atoms with Crippen LogP contribution in [0.5, 0.6) is 0 Å². The van der Waals surface area contributed by atoms with Crippen LogP contribution in [0.4, 0.5) is 5.69 Å². The quantitative estimate of drug-likeness (QED) is 0.874. The Hall–Kier alpha value is -2.07. The molecule has 0 atom stereocenters. The smallest absolute Gasteiger partial charge is 0.255 e. The lowest BCUT2D eigenvalue weighted by atomic mass is 10.2. The van der Waals surface area contributed by atoms with Crippen molar-refractivity contribution in [2.24, 2.45) is 0 Å². The molecule has 18 heavy (non-hydrogen) atoms. The van der Waals surface area contributed by atoms with E-state index < -0.39 is 0 Å². The van der Waals surface area contributed by atoms with E-state index in [0.717, 1.165) is 0 Å². The van der Waals surface area contributed by atoms with E-state index in [1.165, 1.54) is 6.07 Å². The molecule has 0 aliphatic heterocycles. The van der Waals surface area contributed by atoms with Gasteiger partial charge in [0.2, 0.25) is 5.56 Å². The topological polar surface area (TPSA) is 62.0 Å². The summed E-state index contributed by atoms with van der Waals surface area (Å²) in [7, 11) is 0. The number of H-pyrrole nitrogens is 1. The lowest BCUT2D eigenvalue weighted by Gasteiger charge is -2.05. The molecule has 92 valence electrons. The van der Waals surface area contributed by atoms with Crippen LogP contribution < -0.4 is 10.9 Å². The summed E-state index contributed by atoms with van der Waals surface area (Å²) < 4.78 is 0. The zero-order valence-electron chi connectivity index (χ0n) is 9.66. The van der Waals surface area contributed by atoms with Crippen molar-refractivity contribution in [2.45, 2.75) is 6.92 Å². The first-order valence-corrected chi connectivity index (χ1v) is 5.70. The Bertz CT molecular complexity index is 649. The van der Waals surface area contributed by atoms with Crippen LogP contribution in [0.1, 0.15) is 16.1 Å². The van der Waals surface area contributed by atoms with E-state index in [4.69, 9.17) is 11.6 Å². The highest BCUT2D eigenvalue weighted by Crippen LogP contribution is 2.15. The fourth-order valence-electron chi connectivity index (χ4n) is 1.58. The zero-order valence-corrected chi connectivity index (χ0v) is 10.4. The fraction of sp³-hybridized carbons (Fsp3) is 0.0769. The number of amides is 1. The molecular weight excluding hydrogens is 252 g/mol. The number of nitrogens with one attached hydrogen (secondary N) is 2. The SMILES string of the molecule is Cc1cc(C(=O)Nc2cccc(Cl)c2)cc(=O)[nH]1. The molecule has 0 fully saturated rings. The van der Waals surface area contributed by atoms with Gasteiger partial charge in [-0.15, -0.1) is 0 Å². The van der Waals surface area contributed by atoms with Crippen molar-refractivity contribution in [3.8, 4) is 0 Å². The number of rotatable bonds is 2. The Morgan fingerprint density at radius 2 is 2.06 bits per heavy atom. The average Bonchev–Trinajstić information content (AvgIpc) is 2.27. The van der Waals surface area contributed by atoms with Crippen molar-refractivity contribution in [1.82, 2.24) is 4.98 Å². The van der Waals surface area contributed by atoms with Crippen molar-refractivity contribution in [1.29, 1.82) is 0 Å². The first-order valence-electron chi connectivity index (χ1n) is 5.32. The molecular formula is C13H11ClN2O2. The van der Waals surface area contributed by atoms with Crippen LogP contribution in [-0.2, 0) is 0 Å². The van der Waals surface area contributed by atoms with Crippen LogP contribution >= 0.6 is 11.6 Å². The third-order valence-corrected chi connectivity index (χ3v) is 2.56. The molecule has 0 radical (unpaired) electrons. The standard InChI is InChI=1S/C13H11ClN2O2/c1-8-5-9(6-12(17)15-8)13(18)16-11-4-2-3-10(14)7-11/h2-7H,1H3,(H,15,17)(H,16,18). The Labute approximate surface area is 109 Å². The Kier molecular flexibility index (Phi) is 3.48. The molecule has 0 aliphatic carbocycles. The normalized spacial score (nSPS) is 10.1. The van der Waals surface area contributed by atoms with Crippen molar-refractivity contribution in [3.05, 3.63) is 63.0 Å². The number of carbonyl (C=O) groups is 1. The molecule has 0 unspecified atom stereocenters. The van der Waals surface area contributed by atoms with Gasteiger partial charge in [-0.1, -0.05) is 17.7 Å². The molecule has 2 rings (SSSR count). The van der Waals surface area contributed by atoms with E-state index in [-0.39, 0.29) is 11.5 Å². The van der Waals surface area contributed by atoms with Crippen molar-refractivity contribution >= 4 is 23.2 Å². The molecule has 1 aromatic carbocycles. The number of carbonyl (C=O) groups excluding carboxylic acids is 1. The number of halogens is 1. The van der Waals surface area contributed by atoms with Gasteiger partial charge >= 0.3 is 0 Å². The molecule has 5 heteroatoms. The molecule has 1 amide bonds. The van der Waals surface area contributed by atoms with Crippen molar-refractivity contribution in [3.63, 3.8) is 0 Å². The number of aromatic nitrogens is 1. The summed E-state index contributed by atoms with van der Waals surface area (Å²) >= 11 is 5.82. The van der Waals surface area contributed by atoms with Crippen LogP contribution in [0, 0.1) is 6.92 Å². The van der Waals surface area contributed by atoms with Gasteiger partial charge in [-0.2, -0.15) is 0 Å². The molecule has 0 aliphatic rings. The van der Waals surface area contributed by atoms with E-state index in [0.29, 0.717) is 22.0 Å². The Morgan fingerprint density at radius 3 is 2.72 bits per heavy atom. The lowest BCUT2D eigenvalue weighted by molar-refractivity contribution is 0.102. The summed E-state index contributed by atoms with van der Waals surface area (Å²) in [5, 5.41) is 3.21. The van der Waals surface area contributed by atoms with Gasteiger partial charge in [-0.25, -0.2) is 0 Å². The second-order valence-corrected chi connectivity index (χ2v) is 4.32. The van der Waals surface area contributed by atoms with Gasteiger partial charge in [0.05, 0.1) is 0 Å². The van der Waals surface area contributed by atoms with Gasteiger partial charge < -0.3 is 10.3 Å². The number of hydrogen-bond acceptors (Lipinski definition) is 2. The number of aryl methyl sites for hydroxylation is 1. The highest BCUT2D eigenvalue weighted by atomic mass is 35.5. The molecule has 1 heterocycles. The van der Waals surface area contributed by atoms with E-state index in [1.54, 1.807) is 37.3 Å². The summed E-state index contributed by atoms with van der Waals surface area (Å²) in [5.41, 5.74) is 1.24. The zero-order chi connectivity index (χ0) is 13.1. The van der Waals surface area contributed by atoms with Crippen LogP contribution in [0.25, 0.3) is 0 Å². The minimum atomic E-state index is -0.341. The maximum absolute atomic E-state index is 11.9. The summed E-state index contributed by atoms with van der Waals surface area (Å²) in [6.45, 7) is 1.72. The fourth-order valence-corrected chi connectivity index (χ4v) is 1.77. The molecule has 2 aromatic rings. The summed E-state index contributed by atoms with van der Waals surface area (Å²) in [4.78, 5) is 25.8. The third kappa shape index (κ3) is 2.99. The molecule has 0 bridgehead atoms. The Morgan fingerprint density at radius 1 is 1.28 bits per heavy atom. The molecule has 0 saturated carbocycles. The van der Waals surface area contributed by atoms with Crippen LogP contribution in [-0.4, -0.2) is 10.9 Å². The van der Waals surface area contributed by atoms with E-state index in [1.807, 2.05) is 0 Å². The van der Waals surface area contributed by atoms with Gasteiger partial charge in [-0.3, -0.25) is 9.59 Å². The highest BCUT2D eigenvalue weighted by molar-refractivity contribution is 6.30. The minimum Gasteiger partial charge on any atom is -0.326 e. The summed E-state index contributed by atoms with van der Waals surface area (Å²) in [5.74, 6) is -0.341. The predicted molar refractivity (Wildman–Crippen MR) is 71.2 cm³/mol. The molecule has 0 saturated heterocycles. The van der Waals surface area contributed by atoms with E-state index in [9.17, 15) is 9.59 Å². The summed E-state index contributed by atoms with van der Waals surface area (Å²) in [6.07, 6.45) is 0. The van der Waals surface area contributed by atoms with Crippen LogP contribution in [0.3, 0.4) is 0 Å². The lowest BCUT2D eigenvalue weighted by Crippen LogP contribution is -2.16. The second-order valence-electron chi connectivity index (χ2n) is 3.88. The maximum atomic E-state index is 11.9. The maximum Gasteiger partial charge on any atom is 0.255 e. The first-order chi connectivity index (χ1) is 8.54. The average molecular weight is 263 g/mol. The minimum absolute atomic E-state index is 0.300. The number of anilines is 1. The van der Waals surface area contributed by atoms with Crippen molar-refractivity contribution in [2.75, 3.05) is 5.32 Å². The Balaban J connectivity index is 2.24. The van der Waals surface area contributed by atoms with Gasteiger partial charge in [0.15, 0.2) is 0 Å². The van der Waals surface area contributed by atoms with Gasteiger partial charge in [0.1, 0.15) is 0 Å².